The van der Waals surface area contributed by atoms with Crippen LogP contribution in [0.1, 0.15) is 24.5 Å². The van der Waals surface area contributed by atoms with Gasteiger partial charge in [-0.3, -0.25) is 0 Å². The summed E-state index contributed by atoms with van der Waals surface area (Å²) in [7, 11) is 0.810. The topological polar surface area (TPSA) is 123 Å². The highest BCUT2D eigenvalue weighted by Gasteiger charge is 2.38. The molecule has 0 bridgehead atoms. The smallest absolute Gasteiger partial charge is 0.406 e. The van der Waals surface area contributed by atoms with Crippen LogP contribution < -0.4 is 9.47 Å². The van der Waals surface area contributed by atoms with E-state index < -0.39 is 30.4 Å². The number of rotatable bonds is 8. The normalized spacial score (nSPS) is 14.3. The van der Waals surface area contributed by atoms with Gasteiger partial charge in [-0.15, -0.1) is 46.7 Å². The quantitative estimate of drug-likeness (QED) is 0.150. The van der Waals surface area contributed by atoms with Crippen molar-refractivity contribution in [2.24, 2.45) is 5.92 Å². The van der Waals surface area contributed by atoms with Gasteiger partial charge in [-0.25, -0.2) is 0 Å². The Bertz CT molecular complexity index is 2110. The third kappa shape index (κ3) is 8.86. The third-order valence-electron chi connectivity index (χ3n) is 7.69. The molecule has 0 spiro atoms. The first-order chi connectivity index (χ1) is 24.7. The first-order valence-electron chi connectivity index (χ1n) is 15.3. The van der Waals surface area contributed by atoms with E-state index >= 15 is 0 Å². The predicted molar refractivity (Wildman–Crippen MR) is 164 cm³/mol. The molecule has 52 heavy (non-hydrogen) atoms. The molecule has 12 nitrogen and oxygen atoms in total. The van der Waals surface area contributed by atoms with Gasteiger partial charge < -0.3 is 18.9 Å². The zero-order valence-electron chi connectivity index (χ0n) is 26.8. The molecule has 0 amide bonds. The van der Waals surface area contributed by atoms with E-state index in [-0.39, 0.29) is 17.1 Å². The maximum atomic E-state index is 13.7. The number of methoxy groups -OCH3 is 1. The maximum absolute atomic E-state index is 13.7. The minimum atomic E-state index is -4.80. The highest BCUT2D eigenvalue weighted by molar-refractivity contribution is 5.62. The van der Waals surface area contributed by atoms with E-state index in [9.17, 15) is 35.1 Å². The average Bonchev–Trinajstić information content (AvgIpc) is 3.72. The fraction of sp³-hybridized carbons (Fsp3) is 0.312. The van der Waals surface area contributed by atoms with Crippen molar-refractivity contribution >= 4 is 11.3 Å². The molecule has 0 atom stereocenters. The summed E-state index contributed by atoms with van der Waals surface area (Å²) in [6.07, 6.45) is -10.5. The third-order valence-corrected chi connectivity index (χ3v) is 7.69. The molecule has 1 saturated heterocycles. The summed E-state index contributed by atoms with van der Waals surface area (Å²) in [6, 6.07) is 16.8. The van der Waals surface area contributed by atoms with Gasteiger partial charge in [0.15, 0.2) is 17.1 Å². The lowest BCUT2D eigenvalue weighted by atomic mass is 9.96. The van der Waals surface area contributed by atoms with Gasteiger partial charge in [0.2, 0.25) is 0 Å². The summed E-state index contributed by atoms with van der Waals surface area (Å²) in [5.74, 6) is -0.236. The Labute approximate surface area is 287 Å². The lowest BCUT2D eigenvalue weighted by molar-refractivity contribution is -0.275. The largest absolute Gasteiger partial charge is 0.573 e. The Morgan fingerprint density at radius 2 is 1.12 bits per heavy atom. The predicted octanol–water partition coefficient (Wildman–Crippen LogP) is 7.04. The summed E-state index contributed by atoms with van der Waals surface area (Å²) < 4.78 is 120. The zero-order valence-corrected chi connectivity index (χ0v) is 26.8. The maximum Gasteiger partial charge on any atom is 0.573 e. The van der Waals surface area contributed by atoms with Crippen molar-refractivity contribution in [3.05, 3.63) is 84.4 Å². The van der Waals surface area contributed by atoms with Gasteiger partial charge in [-0.05, 0) is 91.6 Å². The molecule has 274 valence electrons. The van der Waals surface area contributed by atoms with Crippen LogP contribution in [-0.2, 0) is 22.0 Å². The van der Waals surface area contributed by atoms with Crippen molar-refractivity contribution in [2.45, 2.75) is 38.1 Å². The van der Waals surface area contributed by atoms with Crippen LogP contribution in [0.4, 0.5) is 35.1 Å². The number of aromatic nitrogens is 8. The Kier molecular flexibility index (Phi) is 10.2. The molecule has 0 N–H and O–H groups in total. The molecule has 2 aromatic carbocycles. The van der Waals surface area contributed by atoms with Gasteiger partial charge >= 0.3 is 18.8 Å². The van der Waals surface area contributed by atoms with E-state index in [1.807, 2.05) is 0 Å². The SMILES string of the molecule is COC(F)(F)c1nnc2ccc(-c3ccc(OC(F)(F)F)cc3)nn12.FC(F)(F)Oc1ccc(-c2ccc3nnc(CC4CCOCC4)n3n2)cc1. The molecular weight excluding hydrogens is 712 g/mol. The zero-order chi connectivity index (χ0) is 37.1. The Hall–Kier alpha value is -5.50. The van der Waals surface area contributed by atoms with E-state index in [2.05, 4.69) is 44.8 Å². The highest BCUT2D eigenvalue weighted by Crippen LogP contribution is 2.30. The summed E-state index contributed by atoms with van der Waals surface area (Å²) in [5, 5.41) is 23.9. The van der Waals surface area contributed by atoms with Gasteiger partial charge in [-0.2, -0.15) is 28.0 Å². The second-order valence-corrected chi connectivity index (χ2v) is 11.2. The van der Waals surface area contributed by atoms with E-state index in [1.54, 1.807) is 16.6 Å². The molecular formula is C32H26F8N8O4. The molecule has 7 rings (SSSR count). The molecule has 4 aromatic heterocycles. The number of ether oxygens (including phenoxy) is 4. The number of halogens is 8. The van der Waals surface area contributed by atoms with Gasteiger partial charge in [0.25, 0.3) is 5.82 Å². The van der Waals surface area contributed by atoms with E-state index in [0.29, 0.717) is 28.4 Å². The number of hydrogen-bond donors (Lipinski definition) is 0. The first kappa shape index (κ1) is 36.3. The molecule has 1 fully saturated rings. The lowest BCUT2D eigenvalue weighted by Gasteiger charge is -2.20. The van der Waals surface area contributed by atoms with Crippen molar-refractivity contribution in [3.63, 3.8) is 0 Å². The Balaban J connectivity index is 0.000000179. The molecule has 0 saturated carbocycles. The first-order valence-corrected chi connectivity index (χ1v) is 15.3. The minimum absolute atomic E-state index is 0.0625. The van der Waals surface area contributed by atoms with Crippen LogP contribution in [0.5, 0.6) is 11.5 Å². The van der Waals surface area contributed by atoms with Crippen LogP contribution in [0.3, 0.4) is 0 Å². The average molecular weight is 739 g/mol. The monoisotopic (exact) mass is 738 g/mol. The lowest BCUT2D eigenvalue weighted by Crippen LogP contribution is -2.20. The molecule has 0 unspecified atom stereocenters. The van der Waals surface area contributed by atoms with Gasteiger partial charge in [0.1, 0.15) is 11.5 Å². The second kappa shape index (κ2) is 14.6. The summed E-state index contributed by atoms with van der Waals surface area (Å²) >= 11 is 0. The highest BCUT2D eigenvalue weighted by atomic mass is 19.4. The van der Waals surface area contributed by atoms with E-state index in [0.717, 1.165) is 62.1 Å². The van der Waals surface area contributed by atoms with Crippen LogP contribution in [-0.4, -0.2) is 72.7 Å². The number of fused-ring (bicyclic) bond motifs is 2. The number of nitrogens with zero attached hydrogens (tertiary/aromatic N) is 8. The molecule has 1 aliphatic heterocycles. The van der Waals surface area contributed by atoms with Gasteiger partial charge in [0, 0.05) is 37.9 Å². The number of hydrogen-bond acceptors (Lipinski definition) is 10. The molecule has 6 aromatic rings. The van der Waals surface area contributed by atoms with E-state index in [4.69, 9.17) is 4.74 Å². The molecule has 5 heterocycles. The molecule has 0 radical (unpaired) electrons. The Morgan fingerprint density at radius 1 is 0.635 bits per heavy atom. The Morgan fingerprint density at radius 3 is 1.62 bits per heavy atom. The summed E-state index contributed by atoms with van der Waals surface area (Å²) in [6.45, 7) is 1.51. The van der Waals surface area contributed by atoms with Crippen LogP contribution >= 0.6 is 0 Å². The summed E-state index contributed by atoms with van der Waals surface area (Å²) in [5.41, 5.74) is 2.60. The van der Waals surface area contributed by atoms with Crippen LogP contribution in [0.15, 0.2) is 72.8 Å². The van der Waals surface area contributed by atoms with Crippen molar-refractivity contribution < 1.29 is 54.1 Å². The fourth-order valence-corrected chi connectivity index (χ4v) is 5.19. The van der Waals surface area contributed by atoms with E-state index in [1.165, 1.54) is 48.5 Å². The summed E-state index contributed by atoms with van der Waals surface area (Å²) in [4.78, 5) is 0. The van der Waals surface area contributed by atoms with Crippen LogP contribution in [0.2, 0.25) is 0 Å². The number of benzene rings is 2. The molecule has 1 aliphatic rings. The number of alkyl halides is 8. The van der Waals surface area contributed by atoms with Gasteiger partial charge in [0.05, 0.1) is 11.4 Å². The van der Waals surface area contributed by atoms with Crippen LogP contribution in [0.25, 0.3) is 33.8 Å². The van der Waals surface area contributed by atoms with Crippen molar-refractivity contribution in [1.82, 2.24) is 39.6 Å². The minimum Gasteiger partial charge on any atom is -0.406 e. The molecule has 20 heteroatoms. The van der Waals surface area contributed by atoms with Crippen molar-refractivity contribution in [1.29, 1.82) is 0 Å². The van der Waals surface area contributed by atoms with Crippen molar-refractivity contribution in [2.75, 3.05) is 20.3 Å². The second-order valence-electron chi connectivity index (χ2n) is 11.2. The fourth-order valence-electron chi connectivity index (χ4n) is 5.19. The standard InChI is InChI=1S/C18H17F3N4O2.C14H9F5N4O2/c19-18(20,21)27-14-3-1-13(2-4-14)15-5-6-16-22-23-17(25(16)24-15)11-12-7-9-26-10-8-12;1-24-13(15,16)12-21-20-11-7-6-10(22-23(11)12)8-2-4-9(5-3-8)25-14(17,18)19/h1-6,12H,7-11H2;2-7H,1H3. The van der Waals surface area contributed by atoms with Crippen molar-refractivity contribution in [3.8, 4) is 34.0 Å². The van der Waals surface area contributed by atoms with Crippen LogP contribution in [0, 0.1) is 5.92 Å². The van der Waals surface area contributed by atoms with Gasteiger partial charge in [-0.1, -0.05) is 0 Å². The molecule has 0 aliphatic carbocycles.